The number of nitrogens with one attached hydrogen (secondary N) is 1. The van der Waals surface area contributed by atoms with Gasteiger partial charge in [-0.25, -0.2) is 13.7 Å². The van der Waals surface area contributed by atoms with Crippen LogP contribution in [0.2, 0.25) is 0 Å². The number of piperidine rings is 1. The molecule has 1 amide bonds. The zero-order valence-corrected chi connectivity index (χ0v) is 13.8. The van der Waals surface area contributed by atoms with E-state index in [0.717, 1.165) is 12.8 Å². The lowest BCUT2D eigenvalue weighted by atomic mass is 9.74. The van der Waals surface area contributed by atoms with Gasteiger partial charge in [0, 0.05) is 19.1 Å². The average Bonchev–Trinajstić information content (AvgIpc) is 2.64. The lowest BCUT2D eigenvalue weighted by molar-refractivity contribution is 0.0723. The van der Waals surface area contributed by atoms with Crippen molar-refractivity contribution in [3.63, 3.8) is 0 Å². The highest BCUT2D eigenvalue weighted by molar-refractivity contribution is 7.84. The number of carbonyl (C=O) groups is 1. The average molecular weight is 318 g/mol. The molecule has 21 heavy (non-hydrogen) atoms. The number of rotatable bonds is 2. The van der Waals surface area contributed by atoms with Gasteiger partial charge in [0.1, 0.15) is 0 Å². The Labute approximate surface area is 128 Å². The molecule has 6 nitrogen and oxygen atoms in total. The molecule has 3 atom stereocenters. The van der Waals surface area contributed by atoms with Crippen molar-refractivity contribution in [3.05, 3.63) is 0 Å². The van der Waals surface area contributed by atoms with Crippen molar-refractivity contribution in [1.82, 2.24) is 9.62 Å². The predicted molar refractivity (Wildman–Crippen MR) is 81.3 cm³/mol. The summed E-state index contributed by atoms with van der Waals surface area (Å²) < 4.78 is 15.2. The molecule has 0 aromatic carbocycles. The Kier molecular flexibility index (Phi) is 4.66. The van der Waals surface area contributed by atoms with Crippen LogP contribution in [0.5, 0.6) is 0 Å². The Balaban J connectivity index is 2.07. The quantitative estimate of drug-likeness (QED) is 0.716. The van der Waals surface area contributed by atoms with E-state index in [4.69, 9.17) is 5.11 Å². The lowest BCUT2D eigenvalue weighted by Crippen LogP contribution is -2.51. The van der Waals surface area contributed by atoms with Gasteiger partial charge in [-0.2, -0.15) is 0 Å². The molecular weight excluding hydrogens is 292 g/mol. The molecule has 1 aliphatic carbocycles. The summed E-state index contributed by atoms with van der Waals surface area (Å²) in [6, 6.07) is -0.0106. The topological polar surface area (TPSA) is 89.9 Å². The maximum Gasteiger partial charge on any atom is 0.407 e. The van der Waals surface area contributed by atoms with Crippen LogP contribution in [0, 0.1) is 5.41 Å². The van der Waals surface area contributed by atoms with Gasteiger partial charge in [-0.3, -0.25) is 0 Å². The molecule has 2 rings (SSSR count). The first kappa shape index (κ1) is 16.7. The summed E-state index contributed by atoms with van der Waals surface area (Å²) >= 11 is 0. The summed E-state index contributed by atoms with van der Waals surface area (Å²) in [7, 11) is -1.18. The summed E-state index contributed by atoms with van der Waals surface area (Å²) in [5.74, 6) is 0. The number of hydrogen-bond donors (Lipinski definition) is 3. The molecule has 2 aliphatic rings. The molecule has 0 aromatic heterocycles. The van der Waals surface area contributed by atoms with Crippen LogP contribution in [0.15, 0.2) is 0 Å². The molecule has 7 heteroatoms. The second-order valence-corrected chi connectivity index (χ2v) is 9.28. The van der Waals surface area contributed by atoms with Crippen molar-refractivity contribution >= 4 is 17.1 Å². The number of aliphatic hydroxyl groups is 1. The van der Waals surface area contributed by atoms with Crippen LogP contribution >= 0.6 is 0 Å². The van der Waals surface area contributed by atoms with Gasteiger partial charge in [0.15, 0.2) is 0 Å². The molecule has 1 saturated carbocycles. The van der Waals surface area contributed by atoms with Crippen LogP contribution in [-0.2, 0) is 11.0 Å². The van der Waals surface area contributed by atoms with Gasteiger partial charge in [-0.1, -0.05) is 0 Å². The minimum atomic E-state index is -1.18. The van der Waals surface area contributed by atoms with Crippen LogP contribution in [0.25, 0.3) is 0 Å². The van der Waals surface area contributed by atoms with Gasteiger partial charge < -0.3 is 15.1 Å². The second-order valence-electron chi connectivity index (χ2n) is 7.28. The van der Waals surface area contributed by atoms with Crippen LogP contribution in [0.4, 0.5) is 4.79 Å². The Morgan fingerprint density at radius 2 is 1.90 bits per heavy atom. The normalized spacial score (nSPS) is 30.6. The molecule has 1 heterocycles. The maximum atomic E-state index is 12.3. The van der Waals surface area contributed by atoms with E-state index in [1.807, 2.05) is 20.8 Å². The maximum absolute atomic E-state index is 12.3. The molecule has 1 saturated heterocycles. The number of aliphatic hydroxyl groups excluding tert-OH is 1. The number of likely N-dealkylation sites (tertiary alicyclic amines) is 1. The minimum absolute atomic E-state index is 0.0106. The van der Waals surface area contributed by atoms with E-state index >= 15 is 0 Å². The fourth-order valence-corrected chi connectivity index (χ4v) is 4.35. The Hall–Kier alpha value is -0.660. The van der Waals surface area contributed by atoms with E-state index in [1.54, 1.807) is 0 Å². The predicted octanol–water partition coefficient (Wildman–Crippen LogP) is 1.32. The fourth-order valence-electron chi connectivity index (χ4n) is 3.39. The first-order valence-electron chi connectivity index (χ1n) is 7.48. The van der Waals surface area contributed by atoms with E-state index in [-0.39, 0.29) is 16.2 Å². The van der Waals surface area contributed by atoms with Gasteiger partial charge in [-0.05, 0) is 51.9 Å². The van der Waals surface area contributed by atoms with E-state index < -0.39 is 23.2 Å². The molecule has 1 aliphatic heterocycles. The van der Waals surface area contributed by atoms with Gasteiger partial charge in [-0.15, -0.1) is 0 Å². The van der Waals surface area contributed by atoms with Gasteiger partial charge in [0.2, 0.25) is 0 Å². The Bertz CT molecular complexity index is 427. The zero-order chi connectivity index (χ0) is 15.8. The molecule has 122 valence electrons. The largest absolute Gasteiger partial charge is 0.465 e. The molecule has 0 bridgehead atoms. The summed E-state index contributed by atoms with van der Waals surface area (Å²) in [4.78, 5) is 12.4. The van der Waals surface area contributed by atoms with E-state index in [1.165, 1.54) is 4.90 Å². The minimum Gasteiger partial charge on any atom is -0.465 e. The van der Waals surface area contributed by atoms with Crippen molar-refractivity contribution in [2.75, 3.05) is 13.1 Å². The van der Waals surface area contributed by atoms with Crippen LogP contribution in [-0.4, -0.2) is 55.4 Å². The van der Waals surface area contributed by atoms with Crippen LogP contribution in [0.1, 0.15) is 46.5 Å². The highest BCUT2D eigenvalue weighted by Crippen LogP contribution is 2.46. The molecule has 3 N–H and O–H groups in total. The zero-order valence-electron chi connectivity index (χ0n) is 13.0. The highest BCUT2D eigenvalue weighted by Gasteiger charge is 2.49. The Morgan fingerprint density at radius 3 is 2.38 bits per heavy atom. The summed E-state index contributed by atoms with van der Waals surface area (Å²) in [5, 5.41) is 19.1. The van der Waals surface area contributed by atoms with Crippen LogP contribution < -0.4 is 4.72 Å². The third kappa shape index (κ3) is 3.57. The summed E-state index contributed by atoms with van der Waals surface area (Å²) in [6.45, 7) is 6.73. The SMILES string of the molecule is CC(C)(C)S(=O)NC1CC(O)CC12CCN(C(=O)O)CC2. The van der Waals surface area contributed by atoms with E-state index in [2.05, 4.69) is 4.72 Å². The number of hydrogen-bond acceptors (Lipinski definition) is 3. The number of carboxylic acid groups (broad SMARTS) is 1. The van der Waals surface area contributed by atoms with E-state index in [0.29, 0.717) is 25.9 Å². The van der Waals surface area contributed by atoms with Gasteiger partial charge in [0.25, 0.3) is 0 Å². The van der Waals surface area contributed by atoms with Crippen molar-refractivity contribution in [3.8, 4) is 0 Å². The number of amides is 1. The Morgan fingerprint density at radius 1 is 1.33 bits per heavy atom. The first-order chi connectivity index (χ1) is 9.64. The lowest BCUT2D eigenvalue weighted by Gasteiger charge is -2.42. The van der Waals surface area contributed by atoms with Crippen molar-refractivity contribution < 1.29 is 19.2 Å². The van der Waals surface area contributed by atoms with Crippen molar-refractivity contribution in [2.24, 2.45) is 5.41 Å². The van der Waals surface area contributed by atoms with Crippen LogP contribution in [0.3, 0.4) is 0 Å². The molecule has 0 aromatic rings. The summed E-state index contributed by atoms with van der Waals surface area (Å²) in [5.41, 5.74) is -0.133. The third-order valence-corrected chi connectivity index (χ3v) is 6.34. The smallest absolute Gasteiger partial charge is 0.407 e. The van der Waals surface area contributed by atoms with Gasteiger partial charge >= 0.3 is 6.09 Å². The van der Waals surface area contributed by atoms with Gasteiger partial charge in [0.05, 0.1) is 21.8 Å². The molecule has 3 unspecified atom stereocenters. The first-order valence-corrected chi connectivity index (χ1v) is 8.63. The highest BCUT2D eigenvalue weighted by atomic mass is 32.2. The van der Waals surface area contributed by atoms with Crippen molar-refractivity contribution in [1.29, 1.82) is 0 Å². The fraction of sp³-hybridized carbons (Fsp3) is 0.929. The van der Waals surface area contributed by atoms with Crippen molar-refractivity contribution in [2.45, 2.75) is 63.3 Å². The monoisotopic (exact) mass is 318 g/mol. The third-order valence-electron chi connectivity index (χ3n) is 4.72. The standard InChI is InChI=1S/C14H26N2O4S/c1-13(2,3)21(20)15-11-8-10(17)9-14(11)4-6-16(7-5-14)12(18)19/h10-11,15,17H,4-9H2,1-3H3,(H,18,19). The second kappa shape index (κ2) is 5.85. The molecule has 1 spiro atoms. The molecular formula is C14H26N2O4S. The molecule has 0 radical (unpaired) electrons. The van der Waals surface area contributed by atoms with E-state index in [9.17, 15) is 14.1 Å². The summed E-state index contributed by atoms with van der Waals surface area (Å²) in [6.07, 6.45) is 1.42. The molecule has 2 fully saturated rings. The number of nitrogens with zero attached hydrogens (tertiary/aromatic N) is 1.